The summed E-state index contributed by atoms with van der Waals surface area (Å²) in [5, 5.41) is 0.496. The molecule has 124 valence electrons. The number of carbonyl (C=O) groups is 1. The van der Waals surface area contributed by atoms with Gasteiger partial charge in [-0.2, -0.15) is 0 Å². The van der Waals surface area contributed by atoms with Crippen LogP contribution in [0.5, 0.6) is 0 Å². The number of benzene rings is 1. The van der Waals surface area contributed by atoms with E-state index >= 15 is 0 Å². The van der Waals surface area contributed by atoms with Crippen LogP contribution in [0.3, 0.4) is 0 Å². The van der Waals surface area contributed by atoms with Crippen LogP contribution in [0, 0.1) is 5.82 Å². The Labute approximate surface area is 135 Å². The number of hydrogen-bond donors (Lipinski definition) is 0. The van der Waals surface area contributed by atoms with Gasteiger partial charge in [0.25, 0.3) is 0 Å². The molecular weight excluding hydrogens is 297 g/mol. The van der Waals surface area contributed by atoms with E-state index < -0.39 is 0 Å². The Bertz CT molecular complexity index is 676. The standard InChI is InChI=1S/C17H22FN3O2/c1-20(2)16(22)12-21(9-10-23-3)11-13-6-7-15(18)14-5-4-8-19-17(13)14/h4-8H,9-12H2,1-3H3. The molecule has 0 bridgehead atoms. The highest BCUT2D eigenvalue weighted by molar-refractivity contribution is 5.82. The molecule has 0 fully saturated rings. The van der Waals surface area contributed by atoms with Crippen molar-refractivity contribution in [3.8, 4) is 0 Å². The lowest BCUT2D eigenvalue weighted by Gasteiger charge is -2.23. The summed E-state index contributed by atoms with van der Waals surface area (Å²) in [4.78, 5) is 19.8. The zero-order valence-corrected chi connectivity index (χ0v) is 13.8. The normalized spacial score (nSPS) is 11.2. The maximum absolute atomic E-state index is 13.9. The molecule has 0 N–H and O–H groups in total. The maximum atomic E-state index is 13.9. The Kier molecular flexibility index (Phi) is 6.01. The number of ether oxygens (including phenoxy) is 1. The van der Waals surface area contributed by atoms with E-state index in [0.29, 0.717) is 30.6 Å². The van der Waals surface area contributed by atoms with Crippen LogP contribution >= 0.6 is 0 Å². The van der Waals surface area contributed by atoms with Crippen LogP contribution in [0.15, 0.2) is 30.5 Å². The molecule has 0 atom stereocenters. The fourth-order valence-electron chi connectivity index (χ4n) is 2.33. The van der Waals surface area contributed by atoms with E-state index in [-0.39, 0.29) is 18.3 Å². The molecule has 5 nitrogen and oxygen atoms in total. The minimum atomic E-state index is -0.287. The van der Waals surface area contributed by atoms with Gasteiger partial charge in [0.15, 0.2) is 0 Å². The zero-order chi connectivity index (χ0) is 16.8. The average molecular weight is 319 g/mol. The summed E-state index contributed by atoms with van der Waals surface area (Å²) >= 11 is 0. The van der Waals surface area contributed by atoms with E-state index in [2.05, 4.69) is 4.98 Å². The van der Waals surface area contributed by atoms with E-state index in [4.69, 9.17) is 4.74 Å². The van der Waals surface area contributed by atoms with Gasteiger partial charge in [-0.15, -0.1) is 0 Å². The molecule has 6 heteroatoms. The Morgan fingerprint density at radius 1 is 1.30 bits per heavy atom. The smallest absolute Gasteiger partial charge is 0.236 e. The number of pyridine rings is 1. The minimum Gasteiger partial charge on any atom is -0.383 e. The lowest BCUT2D eigenvalue weighted by molar-refractivity contribution is -0.130. The molecule has 0 saturated heterocycles. The van der Waals surface area contributed by atoms with E-state index in [1.54, 1.807) is 50.5 Å². The molecule has 1 aromatic carbocycles. The number of likely N-dealkylation sites (N-methyl/N-ethyl adjacent to an activating group) is 1. The molecular formula is C17H22FN3O2. The quantitative estimate of drug-likeness (QED) is 0.782. The number of amides is 1. The van der Waals surface area contributed by atoms with Gasteiger partial charge in [-0.1, -0.05) is 6.07 Å². The lowest BCUT2D eigenvalue weighted by Crippen LogP contribution is -2.38. The first-order valence-electron chi connectivity index (χ1n) is 7.46. The third-order valence-corrected chi connectivity index (χ3v) is 3.66. The largest absolute Gasteiger partial charge is 0.383 e. The van der Waals surface area contributed by atoms with Crippen LogP contribution in [-0.4, -0.2) is 61.6 Å². The molecule has 0 aliphatic rings. The van der Waals surface area contributed by atoms with Crippen molar-refractivity contribution in [3.63, 3.8) is 0 Å². The topological polar surface area (TPSA) is 45.7 Å². The van der Waals surface area contributed by atoms with Crippen molar-refractivity contribution >= 4 is 16.8 Å². The first-order chi connectivity index (χ1) is 11.0. The van der Waals surface area contributed by atoms with Crippen molar-refractivity contribution < 1.29 is 13.9 Å². The van der Waals surface area contributed by atoms with Crippen molar-refractivity contribution in [1.29, 1.82) is 0 Å². The van der Waals surface area contributed by atoms with Gasteiger partial charge in [0.05, 0.1) is 18.7 Å². The van der Waals surface area contributed by atoms with E-state index in [1.807, 2.05) is 4.90 Å². The minimum absolute atomic E-state index is 0.0143. The molecule has 1 amide bonds. The van der Waals surface area contributed by atoms with Crippen molar-refractivity contribution in [1.82, 2.24) is 14.8 Å². The first-order valence-corrected chi connectivity index (χ1v) is 7.46. The Morgan fingerprint density at radius 3 is 2.78 bits per heavy atom. The number of carbonyl (C=O) groups excluding carboxylic acids is 1. The Hall–Kier alpha value is -2.05. The number of rotatable bonds is 7. The monoisotopic (exact) mass is 319 g/mol. The fraction of sp³-hybridized carbons (Fsp3) is 0.412. The zero-order valence-electron chi connectivity index (χ0n) is 13.8. The Balaban J connectivity index is 2.25. The van der Waals surface area contributed by atoms with E-state index in [0.717, 1.165) is 5.56 Å². The number of aromatic nitrogens is 1. The second-order valence-corrected chi connectivity index (χ2v) is 5.60. The predicted molar refractivity (Wildman–Crippen MR) is 87.5 cm³/mol. The summed E-state index contributed by atoms with van der Waals surface area (Å²) in [5.41, 5.74) is 1.52. The summed E-state index contributed by atoms with van der Waals surface area (Å²) in [5.74, 6) is -0.273. The molecule has 0 saturated carbocycles. The molecule has 0 aliphatic carbocycles. The third-order valence-electron chi connectivity index (χ3n) is 3.66. The molecule has 0 unspecified atom stereocenters. The van der Waals surface area contributed by atoms with Gasteiger partial charge >= 0.3 is 0 Å². The average Bonchev–Trinajstić information content (AvgIpc) is 2.55. The summed E-state index contributed by atoms with van der Waals surface area (Å²) in [6.45, 7) is 1.92. The van der Waals surface area contributed by atoms with Crippen LogP contribution in [0.4, 0.5) is 4.39 Å². The van der Waals surface area contributed by atoms with Gasteiger partial charge in [0.1, 0.15) is 5.82 Å². The Morgan fingerprint density at radius 2 is 2.09 bits per heavy atom. The van der Waals surface area contributed by atoms with Crippen LogP contribution in [0.1, 0.15) is 5.56 Å². The van der Waals surface area contributed by atoms with Crippen LogP contribution < -0.4 is 0 Å². The lowest BCUT2D eigenvalue weighted by atomic mass is 10.1. The van der Waals surface area contributed by atoms with Crippen LogP contribution in [0.2, 0.25) is 0 Å². The fourth-order valence-corrected chi connectivity index (χ4v) is 2.33. The summed E-state index contributed by atoms with van der Waals surface area (Å²) < 4.78 is 19.0. The van der Waals surface area contributed by atoms with Crippen molar-refractivity contribution in [3.05, 3.63) is 41.8 Å². The molecule has 2 rings (SSSR count). The van der Waals surface area contributed by atoms with Crippen molar-refractivity contribution in [2.45, 2.75) is 6.54 Å². The first kappa shape index (κ1) is 17.3. The highest BCUT2D eigenvalue weighted by Crippen LogP contribution is 2.21. The number of methoxy groups -OCH3 is 1. The van der Waals surface area contributed by atoms with Crippen molar-refractivity contribution in [2.24, 2.45) is 0 Å². The van der Waals surface area contributed by atoms with Gasteiger partial charge in [-0.3, -0.25) is 14.7 Å². The van der Waals surface area contributed by atoms with Gasteiger partial charge in [0, 0.05) is 45.9 Å². The van der Waals surface area contributed by atoms with Gasteiger partial charge < -0.3 is 9.64 Å². The molecule has 0 radical (unpaired) electrons. The van der Waals surface area contributed by atoms with Gasteiger partial charge in [-0.25, -0.2) is 4.39 Å². The number of hydrogen-bond acceptors (Lipinski definition) is 4. The van der Waals surface area contributed by atoms with E-state index in [9.17, 15) is 9.18 Å². The number of halogens is 1. The van der Waals surface area contributed by atoms with Crippen molar-refractivity contribution in [2.75, 3.05) is 40.9 Å². The number of fused-ring (bicyclic) bond motifs is 1. The maximum Gasteiger partial charge on any atom is 0.236 e. The molecule has 1 heterocycles. The van der Waals surface area contributed by atoms with Crippen LogP contribution in [0.25, 0.3) is 10.9 Å². The summed E-state index contributed by atoms with van der Waals surface area (Å²) in [7, 11) is 5.08. The molecule has 0 aliphatic heterocycles. The molecule has 1 aromatic heterocycles. The third kappa shape index (κ3) is 4.46. The second kappa shape index (κ2) is 7.99. The number of nitrogens with zero attached hydrogens (tertiary/aromatic N) is 3. The molecule has 0 spiro atoms. The van der Waals surface area contributed by atoms with Gasteiger partial charge in [0.2, 0.25) is 5.91 Å². The van der Waals surface area contributed by atoms with Gasteiger partial charge in [-0.05, 0) is 23.8 Å². The van der Waals surface area contributed by atoms with Crippen LogP contribution in [-0.2, 0) is 16.1 Å². The second-order valence-electron chi connectivity index (χ2n) is 5.60. The summed E-state index contributed by atoms with van der Waals surface area (Å²) in [6, 6.07) is 6.60. The SMILES string of the molecule is COCCN(CC(=O)N(C)C)Cc1ccc(F)c2cccnc12. The molecule has 23 heavy (non-hydrogen) atoms. The summed E-state index contributed by atoms with van der Waals surface area (Å²) in [6.07, 6.45) is 1.65. The highest BCUT2D eigenvalue weighted by Gasteiger charge is 2.15. The van der Waals surface area contributed by atoms with E-state index in [1.165, 1.54) is 6.07 Å². The highest BCUT2D eigenvalue weighted by atomic mass is 19.1. The predicted octanol–water partition coefficient (Wildman–Crippen LogP) is 1.91. The molecule has 2 aromatic rings.